The van der Waals surface area contributed by atoms with Crippen LogP contribution in [0.25, 0.3) is 0 Å². The Morgan fingerprint density at radius 2 is 1.76 bits per heavy atom. The van der Waals surface area contributed by atoms with Crippen molar-refractivity contribution in [3.8, 4) is 5.75 Å². The number of benzene rings is 1. The Balaban J connectivity index is 1.05. The third-order valence-corrected chi connectivity index (χ3v) is 7.07. The van der Waals surface area contributed by atoms with Crippen molar-refractivity contribution < 1.29 is 19.2 Å². The van der Waals surface area contributed by atoms with Gasteiger partial charge in [-0.25, -0.2) is 14.8 Å². The number of anilines is 1. The summed E-state index contributed by atoms with van der Waals surface area (Å²) in [6.07, 6.45) is 11.6. The fourth-order valence-corrected chi connectivity index (χ4v) is 4.80. The van der Waals surface area contributed by atoms with Crippen LogP contribution < -0.4 is 14.9 Å². The molecule has 38 heavy (non-hydrogen) atoms. The number of aromatic nitrogens is 3. The monoisotopic (exact) mass is 518 g/mol. The van der Waals surface area contributed by atoms with Crippen LogP contribution >= 0.6 is 0 Å². The van der Waals surface area contributed by atoms with Crippen LogP contribution in [0.2, 0.25) is 0 Å². The van der Waals surface area contributed by atoms with Gasteiger partial charge in [-0.2, -0.15) is 4.73 Å². The van der Waals surface area contributed by atoms with Gasteiger partial charge in [-0.3, -0.25) is 9.69 Å². The van der Waals surface area contributed by atoms with Crippen LogP contribution in [-0.4, -0.2) is 69.3 Å². The molecule has 0 atom stereocenters. The summed E-state index contributed by atoms with van der Waals surface area (Å²) in [6, 6.07) is 11.0. The number of rotatable bonds is 8. The summed E-state index contributed by atoms with van der Waals surface area (Å²) in [4.78, 5) is 43.2. The number of likely N-dealkylation sites (tertiary alicyclic amines) is 2. The maximum Gasteiger partial charge on any atom is 0.415 e. The molecule has 0 saturated carbocycles. The van der Waals surface area contributed by atoms with Gasteiger partial charge in [0.25, 0.3) is 5.91 Å². The van der Waals surface area contributed by atoms with Gasteiger partial charge in [0.05, 0.1) is 12.4 Å². The molecule has 2 aliphatic rings. The predicted molar refractivity (Wildman–Crippen MR) is 142 cm³/mol. The van der Waals surface area contributed by atoms with Crippen LogP contribution in [0.3, 0.4) is 0 Å². The van der Waals surface area contributed by atoms with E-state index in [2.05, 4.69) is 20.2 Å². The SMILES string of the molecule is O=C(Nc1ccc(OC(=O)N2CCC(COn3ccnc3)CC2)cn1)c1ccc(CN2CCCCC2)cc1. The molecule has 2 saturated heterocycles. The number of hydrogen-bond acceptors (Lipinski definition) is 7. The van der Waals surface area contributed by atoms with E-state index < -0.39 is 6.09 Å². The molecular formula is C28H34N6O4. The van der Waals surface area contributed by atoms with Crippen molar-refractivity contribution in [1.82, 2.24) is 24.5 Å². The van der Waals surface area contributed by atoms with Gasteiger partial charge in [0, 0.05) is 31.4 Å². The normalized spacial score (nSPS) is 16.7. The third-order valence-electron chi connectivity index (χ3n) is 7.07. The van der Waals surface area contributed by atoms with Gasteiger partial charge in [-0.05, 0) is 74.5 Å². The van der Waals surface area contributed by atoms with E-state index in [1.54, 1.807) is 40.5 Å². The van der Waals surface area contributed by atoms with E-state index in [0.29, 0.717) is 42.7 Å². The largest absolute Gasteiger partial charge is 0.415 e. The summed E-state index contributed by atoms with van der Waals surface area (Å²) in [7, 11) is 0. The number of ether oxygens (including phenoxy) is 1. The molecule has 10 nitrogen and oxygen atoms in total. The Kier molecular flexibility index (Phi) is 8.49. The average Bonchev–Trinajstić information content (AvgIpc) is 3.48. The zero-order valence-electron chi connectivity index (χ0n) is 21.5. The van der Waals surface area contributed by atoms with Crippen molar-refractivity contribution in [3.63, 3.8) is 0 Å². The van der Waals surface area contributed by atoms with Gasteiger partial charge in [0.15, 0.2) is 5.75 Å². The molecule has 10 heteroatoms. The van der Waals surface area contributed by atoms with Gasteiger partial charge in [0.1, 0.15) is 18.8 Å². The van der Waals surface area contributed by atoms with Gasteiger partial charge in [-0.15, -0.1) is 0 Å². The molecule has 2 aliphatic heterocycles. The topological polar surface area (TPSA) is 102 Å². The van der Waals surface area contributed by atoms with Crippen LogP contribution in [0.5, 0.6) is 5.75 Å². The van der Waals surface area contributed by atoms with Gasteiger partial charge in [-0.1, -0.05) is 18.6 Å². The molecule has 0 unspecified atom stereocenters. The van der Waals surface area contributed by atoms with Crippen LogP contribution in [0.4, 0.5) is 10.6 Å². The highest BCUT2D eigenvalue weighted by Gasteiger charge is 2.25. The van der Waals surface area contributed by atoms with E-state index in [1.807, 2.05) is 24.3 Å². The van der Waals surface area contributed by atoms with Crippen LogP contribution in [0.15, 0.2) is 61.3 Å². The Hall–Kier alpha value is -3.92. The second-order valence-corrected chi connectivity index (χ2v) is 9.88. The Labute approximate surface area is 222 Å². The lowest BCUT2D eigenvalue weighted by molar-refractivity contribution is 0.0541. The van der Waals surface area contributed by atoms with Crippen LogP contribution in [0, 0.1) is 5.92 Å². The van der Waals surface area contributed by atoms with E-state index in [0.717, 1.165) is 32.5 Å². The van der Waals surface area contributed by atoms with Crippen molar-refractivity contribution in [1.29, 1.82) is 0 Å². The lowest BCUT2D eigenvalue weighted by Crippen LogP contribution is -2.41. The highest BCUT2D eigenvalue weighted by molar-refractivity contribution is 6.03. The van der Waals surface area contributed by atoms with Crippen LogP contribution in [-0.2, 0) is 6.54 Å². The molecule has 2 amide bonds. The molecule has 2 fully saturated rings. The van der Waals surface area contributed by atoms with Crippen molar-refractivity contribution in [2.45, 2.75) is 38.6 Å². The summed E-state index contributed by atoms with van der Waals surface area (Å²) in [6.45, 7) is 4.99. The first kappa shape index (κ1) is 25.7. The Bertz CT molecular complexity index is 1170. The minimum atomic E-state index is -0.401. The van der Waals surface area contributed by atoms with E-state index in [9.17, 15) is 9.59 Å². The number of hydrogen-bond donors (Lipinski definition) is 1. The highest BCUT2D eigenvalue weighted by atomic mass is 16.7. The van der Waals surface area contributed by atoms with E-state index in [4.69, 9.17) is 9.57 Å². The average molecular weight is 519 g/mol. The van der Waals surface area contributed by atoms with Crippen molar-refractivity contribution in [2.75, 3.05) is 38.1 Å². The molecule has 3 aromatic rings. The van der Waals surface area contributed by atoms with E-state index in [1.165, 1.54) is 31.0 Å². The first-order chi connectivity index (χ1) is 18.6. The van der Waals surface area contributed by atoms with Crippen LogP contribution in [0.1, 0.15) is 48.0 Å². The number of nitrogens with zero attached hydrogens (tertiary/aromatic N) is 5. The number of pyridine rings is 1. The maximum atomic E-state index is 12.7. The summed E-state index contributed by atoms with van der Waals surface area (Å²) in [5.41, 5.74) is 1.78. The number of imidazole rings is 1. The Morgan fingerprint density at radius 1 is 0.974 bits per heavy atom. The fourth-order valence-electron chi connectivity index (χ4n) is 4.80. The molecule has 0 bridgehead atoms. The van der Waals surface area contributed by atoms with Crippen molar-refractivity contribution in [3.05, 3.63) is 72.4 Å². The van der Waals surface area contributed by atoms with E-state index in [-0.39, 0.29) is 5.91 Å². The minimum absolute atomic E-state index is 0.230. The molecular weight excluding hydrogens is 484 g/mol. The molecule has 2 aromatic heterocycles. The smallest absolute Gasteiger partial charge is 0.413 e. The predicted octanol–water partition coefficient (Wildman–Crippen LogP) is 3.86. The molecule has 4 heterocycles. The minimum Gasteiger partial charge on any atom is -0.413 e. The number of piperidine rings is 2. The first-order valence-corrected chi connectivity index (χ1v) is 13.3. The molecule has 1 N–H and O–H groups in total. The van der Waals surface area contributed by atoms with Gasteiger partial charge < -0.3 is 19.8 Å². The maximum absolute atomic E-state index is 12.7. The number of carbonyl (C=O) groups excluding carboxylic acids is 2. The third kappa shape index (κ3) is 7.10. The summed E-state index contributed by atoms with van der Waals surface area (Å²) < 4.78 is 7.08. The second-order valence-electron chi connectivity index (χ2n) is 9.88. The van der Waals surface area contributed by atoms with Crippen molar-refractivity contribution in [2.24, 2.45) is 5.92 Å². The number of amides is 2. The summed E-state index contributed by atoms with van der Waals surface area (Å²) in [5, 5.41) is 2.80. The quantitative estimate of drug-likeness (QED) is 0.483. The van der Waals surface area contributed by atoms with E-state index >= 15 is 0 Å². The molecule has 0 spiro atoms. The summed E-state index contributed by atoms with van der Waals surface area (Å²) in [5.74, 6) is 0.870. The standard InChI is InChI=1S/C28H34N6O4/c35-27(24-6-4-22(5-7-24)19-32-13-2-1-3-14-32)31-26-9-8-25(18-30-26)38-28(36)33-15-10-23(11-16-33)20-37-34-17-12-29-21-34/h4-9,12,17-18,21,23H,1-3,10-11,13-16,19-20H2,(H,30,31,35). The molecule has 5 rings (SSSR count). The first-order valence-electron chi connectivity index (χ1n) is 13.3. The molecule has 1 aromatic carbocycles. The molecule has 200 valence electrons. The van der Waals surface area contributed by atoms with Gasteiger partial charge >= 0.3 is 6.09 Å². The fraction of sp³-hybridized carbons (Fsp3) is 0.429. The highest BCUT2D eigenvalue weighted by Crippen LogP contribution is 2.20. The van der Waals surface area contributed by atoms with Crippen molar-refractivity contribution >= 4 is 17.8 Å². The molecule has 0 aliphatic carbocycles. The number of carbonyl (C=O) groups is 2. The lowest BCUT2D eigenvalue weighted by Gasteiger charge is -2.30. The zero-order valence-corrected chi connectivity index (χ0v) is 21.5. The number of nitrogens with one attached hydrogen (secondary N) is 1. The zero-order chi connectivity index (χ0) is 26.2. The second kappa shape index (κ2) is 12.6. The summed E-state index contributed by atoms with van der Waals surface area (Å²) >= 11 is 0. The lowest BCUT2D eigenvalue weighted by atomic mass is 9.98. The van der Waals surface area contributed by atoms with Gasteiger partial charge in [0.2, 0.25) is 0 Å². The Morgan fingerprint density at radius 3 is 2.45 bits per heavy atom. The molecule has 0 radical (unpaired) electrons.